The summed E-state index contributed by atoms with van der Waals surface area (Å²) in [6, 6.07) is 22.2. The molecule has 0 radical (unpaired) electrons. The van der Waals surface area contributed by atoms with Gasteiger partial charge in [0.1, 0.15) is 5.69 Å². The Labute approximate surface area is 150 Å². The molecule has 0 aliphatic rings. The summed E-state index contributed by atoms with van der Waals surface area (Å²) in [6.45, 7) is 0. The molecular weight excluding hydrogens is 326 g/mol. The third-order valence-corrected chi connectivity index (χ3v) is 4.29. The van der Waals surface area contributed by atoms with Crippen LogP contribution in [0.25, 0.3) is 22.5 Å². The fraction of sp³-hybridized carbons (Fsp3) is 0.0476. The number of aromatic nitrogens is 3. The maximum Gasteiger partial charge on any atom is 0.223 e. The first-order valence-electron chi connectivity index (χ1n) is 8.23. The maximum atomic E-state index is 11.1. The van der Waals surface area contributed by atoms with E-state index in [2.05, 4.69) is 15.2 Å². The minimum absolute atomic E-state index is 0.274. The lowest BCUT2D eigenvalue weighted by atomic mass is 9.91. The van der Waals surface area contributed by atoms with Gasteiger partial charge < -0.3 is 10.2 Å². The summed E-state index contributed by atoms with van der Waals surface area (Å²) in [6.07, 6.45) is 3.03. The number of nitrogens with one attached hydrogen (secondary N) is 1. The first-order valence-corrected chi connectivity index (χ1v) is 8.23. The average molecular weight is 343 g/mol. The third kappa shape index (κ3) is 2.79. The Kier molecular flexibility index (Phi) is 4.08. The van der Waals surface area contributed by atoms with Gasteiger partial charge in [-0.05, 0) is 6.07 Å². The van der Waals surface area contributed by atoms with Crippen molar-refractivity contribution in [1.29, 1.82) is 0 Å². The molecule has 4 aromatic rings. The number of H-pyrrole nitrogens is 1. The lowest BCUT2D eigenvalue weighted by Gasteiger charge is -2.23. The number of hydrogen-bond donors (Lipinski definition) is 3. The molecule has 4 rings (SSSR count). The van der Waals surface area contributed by atoms with Gasteiger partial charge in [0.15, 0.2) is 0 Å². The molecule has 0 aliphatic heterocycles. The first kappa shape index (κ1) is 16.2. The number of aromatic amines is 1. The van der Waals surface area contributed by atoms with Crippen molar-refractivity contribution in [2.24, 2.45) is 0 Å². The number of rotatable bonds is 4. The third-order valence-electron chi connectivity index (χ3n) is 4.29. The fourth-order valence-electron chi connectivity index (χ4n) is 3.01. The van der Waals surface area contributed by atoms with Crippen LogP contribution in [-0.4, -0.2) is 25.4 Å². The second kappa shape index (κ2) is 6.55. The highest BCUT2D eigenvalue weighted by atomic mass is 16.5. The normalized spacial score (nSPS) is 11.5. The van der Waals surface area contributed by atoms with Gasteiger partial charge in [-0.2, -0.15) is 5.10 Å². The van der Waals surface area contributed by atoms with Crippen molar-refractivity contribution >= 4 is 0 Å². The molecule has 0 unspecified atom stereocenters. The van der Waals surface area contributed by atoms with Crippen LogP contribution in [0.4, 0.5) is 0 Å². The van der Waals surface area contributed by atoms with Crippen molar-refractivity contribution in [2.45, 2.75) is 5.79 Å². The molecule has 26 heavy (non-hydrogen) atoms. The number of pyridine rings is 1. The van der Waals surface area contributed by atoms with E-state index in [9.17, 15) is 10.2 Å². The fourth-order valence-corrected chi connectivity index (χ4v) is 3.01. The minimum Gasteiger partial charge on any atom is -0.358 e. The molecule has 0 fully saturated rings. The Bertz CT molecular complexity index is 940. The molecule has 0 amide bonds. The van der Waals surface area contributed by atoms with Crippen molar-refractivity contribution in [3.63, 3.8) is 0 Å². The van der Waals surface area contributed by atoms with Crippen LogP contribution in [0.5, 0.6) is 0 Å². The number of aliphatic hydroxyl groups is 2. The van der Waals surface area contributed by atoms with Gasteiger partial charge in [-0.25, -0.2) is 0 Å². The van der Waals surface area contributed by atoms with E-state index in [-0.39, 0.29) is 5.56 Å². The van der Waals surface area contributed by atoms with Crippen molar-refractivity contribution in [1.82, 2.24) is 15.2 Å². The lowest BCUT2D eigenvalue weighted by molar-refractivity contribution is -0.131. The van der Waals surface area contributed by atoms with Gasteiger partial charge in [0.05, 0.1) is 11.3 Å². The first-order chi connectivity index (χ1) is 12.7. The summed E-state index contributed by atoms with van der Waals surface area (Å²) in [5, 5.41) is 29.5. The highest BCUT2D eigenvalue weighted by Crippen LogP contribution is 2.39. The molecule has 128 valence electrons. The smallest absolute Gasteiger partial charge is 0.223 e. The number of nitrogens with zero attached hydrogens (tertiary/aromatic N) is 2. The van der Waals surface area contributed by atoms with Crippen molar-refractivity contribution in [2.75, 3.05) is 0 Å². The molecule has 5 nitrogen and oxygen atoms in total. The Balaban J connectivity index is 1.98. The number of benzene rings is 2. The quantitative estimate of drug-likeness (QED) is 0.497. The van der Waals surface area contributed by atoms with Gasteiger partial charge >= 0.3 is 0 Å². The van der Waals surface area contributed by atoms with Gasteiger partial charge in [0, 0.05) is 29.1 Å². The van der Waals surface area contributed by atoms with Crippen LogP contribution in [0, 0.1) is 0 Å². The van der Waals surface area contributed by atoms with E-state index in [1.54, 1.807) is 18.3 Å². The molecule has 0 aliphatic carbocycles. The van der Waals surface area contributed by atoms with E-state index in [0.717, 1.165) is 11.1 Å². The molecule has 5 heteroatoms. The van der Waals surface area contributed by atoms with E-state index in [4.69, 9.17) is 0 Å². The summed E-state index contributed by atoms with van der Waals surface area (Å²) in [5.74, 6) is -2.25. The molecule has 0 bridgehead atoms. The van der Waals surface area contributed by atoms with E-state index in [1.807, 2.05) is 60.7 Å². The Morgan fingerprint density at radius 1 is 0.769 bits per heavy atom. The molecule has 2 aromatic heterocycles. The Morgan fingerprint density at radius 2 is 1.42 bits per heavy atom. The topological polar surface area (TPSA) is 82.0 Å². The number of hydrogen-bond acceptors (Lipinski definition) is 4. The molecule has 0 atom stereocenters. The van der Waals surface area contributed by atoms with Gasteiger partial charge in [-0.15, -0.1) is 0 Å². The Hall–Kier alpha value is -3.28. The SMILES string of the molecule is OC(O)(c1cccnc1)c1c(-c2ccccc2)n[nH]c1-c1ccccc1. The summed E-state index contributed by atoms with van der Waals surface area (Å²) >= 11 is 0. The second-order valence-corrected chi connectivity index (χ2v) is 5.97. The van der Waals surface area contributed by atoms with Crippen molar-refractivity contribution in [3.8, 4) is 22.5 Å². The predicted molar refractivity (Wildman–Crippen MR) is 98.9 cm³/mol. The summed E-state index contributed by atoms with van der Waals surface area (Å²) in [7, 11) is 0. The largest absolute Gasteiger partial charge is 0.358 e. The molecule has 2 aromatic carbocycles. The van der Waals surface area contributed by atoms with Crippen LogP contribution >= 0.6 is 0 Å². The zero-order valence-electron chi connectivity index (χ0n) is 13.9. The molecular formula is C21H17N3O2. The van der Waals surface area contributed by atoms with Gasteiger partial charge in [0.25, 0.3) is 0 Å². The lowest BCUT2D eigenvalue weighted by Crippen LogP contribution is -2.27. The van der Waals surface area contributed by atoms with Crippen LogP contribution in [0.2, 0.25) is 0 Å². The van der Waals surface area contributed by atoms with Gasteiger partial charge in [-0.1, -0.05) is 66.7 Å². The van der Waals surface area contributed by atoms with E-state index in [1.165, 1.54) is 6.20 Å². The van der Waals surface area contributed by atoms with Crippen molar-refractivity contribution in [3.05, 3.63) is 96.3 Å². The molecule has 3 N–H and O–H groups in total. The summed E-state index contributed by atoms with van der Waals surface area (Å²) < 4.78 is 0. The standard InChI is InChI=1S/C21H17N3O2/c25-21(26,17-12-7-13-22-14-17)18-19(15-8-3-1-4-9-15)23-24-20(18)16-10-5-2-6-11-16/h1-14,25-26H,(H,23,24). The minimum atomic E-state index is -2.25. The molecule has 0 saturated carbocycles. The maximum absolute atomic E-state index is 11.1. The second-order valence-electron chi connectivity index (χ2n) is 5.97. The monoisotopic (exact) mass is 343 g/mol. The average Bonchev–Trinajstić information content (AvgIpc) is 3.16. The van der Waals surface area contributed by atoms with Crippen LogP contribution in [0.3, 0.4) is 0 Å². The van der Waals surface area contributed by atoms with Crippen LogP contribution in [0.15, 0.2) is 85.2 Å². The Morgan fingerprint density at radius 3 is 2.04 bits per heavy atom. The van der Waals surface area contributed by atoms with Gasteiger partial charge in [0.2, 0.25) is 5.79 Å². The highest BCUT2D eigenvalue weighted by molar-refractivity contribution is 5.76. The van der Waals surface area contributed by atoms with Crippen LogP contribution in [0.1, 0.15) is 11.1 Å². The highest BCUT2D eigenvalue weighted by Gasteiger charge is 2.37. The summed E-state index contributed by atoms with van der Waals surface area (Å²) in [5.41, 5.74) is 3.21. The van der Waals surface area contributed by atoms with Gasteiger partial charge in [-0.3, -0.25) is 10.1 Å². The van der Waals surface area contributed by atoms with Crippen LogP contribution in [-0.2, 0) is 5.79 Å². The molecule has 2 heterocycles. The van der Waals surface area contributed by atoms with E-state index < -0.39 is 5.79 Å². The molecule has 0 spiro atoms. The zero-order chi connectivity index (χ0) is 18.0. The molecule has 0 saturated heterocycles. The van der Waals surface area contributed by atoms with Crippen LogP contribution < -0.4 is 0 Å². The van der Waals surface area contributed by atoms with E-state index >= 15 is 0 Å². The predicted octanol–water partition coefficient (Wildman–Crippen LogP) is 3.32. The zero-order valence-corrected chi connectivity index (χ0v) is 13.9. The van der Waals surface area contributed by atoms with E-state index in [0.29, 0.717) is 17.0 Å². The summed E-state index contributed by atoms with van der Waals surface area (Å²) in [4.78, 5) is 4.02. The van der Waals surface area contributed by atoms with Crippen molar-refractivity contribution < 1.29 is 10.2 Å².